The van der Waals surface area contributed by atoms with Gasteiger partial charge in [-0.1, -0.05) is 25.1 Å². The predicted octanol–water partition coefficient (Wildman–Crippen LogP) is 3.44. The Labute approximate surface area is 143 Å². The van der Waals surface area contributed by atoms with Crippen LogP contribution in [0.15, 0.2) is 54.6 Å². The molecule has 0 spiro atoms. The van der Waals surface area contributed by atoms with E-state index in [9.17, 15) is 4.79 Å². The van der Waals surface area contributed by atoms with Gasteiger partial charge >= 0.3 is 0 Å². The molecular formula is C20H24N2O2. The smallest absolute Gasteiger partial charge is 0.253 e. The summed E-state index contributed by atoms with van der Waals surface area (Å²) in [5.41, 5.74) is 1.95. The Morgan fingerprint density at radius 2 is 1.62 bits per heavy atom. The lowest BCUT2D eigenvalue weighted by Crippen LogP contribution is -2.48. The molecule has 1 saturated heterocycles. The topological polar surface area (TPSA) is 32.8 Å². The molecule has 0 aliphatic carbocycles. The van der Waals surface area contributed by atoms with Crippen molar-refractivity contribution < 1.29 is 9.53 Å². The van der Waals surface area contributed by atoms with E-state index in [4.69, 9.17) is 4.74 Å². The van der Waals surface area contributed by atoms with Gasteiger partial charge < -0.3 is 14.5 Å². The number of hydrogen-bond acceptors (Lipinski definition) is 3. The van der Waals surface area contributed by atoms with E-state index < -0.39 is 0 Å². The van der Waals surface area contributed by atoms with Crippen molar-refractivity contribution in [2.24, 2.45) is 0 Å². The van der Waals surface area contributed by atoms with Crippen LogP contribution in [0.4, 0.5) is 5.69 Å². The minimum absolute atomic E-state index is 0.124. The second kappa shape index (κ2) is 7.86. The molecule has 24 heavy (non-hydrogen) atoms. The fraction of sp³-hybridized carbons (Fsp3) is 0.350. The molecule has 2 aromatic rings. The first-order valence-corrected chi connectivity index (χ1v) is 8.60. The first kappa shape index (κ1) is 16.4. The van der Waals surface area contributed by atoms with Crippen molar-refractivity contribution >= 4 is 11.6 Å². The molecule has 126 valence electrons. The van der Waals surface area contributed by atoms with Crippen LogP contribution in [0.2, 0.25) is 0 Å². The molecular weight excluding hydrogens is 300 g/mol. The number of piperazine rings is 1. The molecule has 1 aliphatic heterocycles. The SMILES string of the molecule is CCCOc1ccc(N2CCN(C(=O)c3ccccc3)CC2)cc1. The Kier molecular flexibility index (Phi) is 5.36. The first-order valence-electron chi connectivity index (χ1n) is 8.60. The molecule has 0 radical (unpaired) electrons. The van der Waals surface area contributed by atoms with Gasteiger partial charge in [0.2, 0.25) is 0 Å². The molecule has 0 unspecified atom stereocenters. The van der Waals surface area contributed by atoms with Gasteiger partial charge in [-0.05, 0) is 42.8 Å². The van der Waals surface area contributed by atoms with Gasteiger partial charge in [-0.25, -0.2) is 0 Å². The Hall–Kier alpha value is -2.49. The Bertz CT molecular complexity index is 647. The van der Waals surface area contributed by atoms with Crippen molar-refractivity contribution in [3.63, 3.8) is 0 Å². The largest absolute Gasteiger partial charge is 0.494 e. The number of benzene rings is 2. The summed E-state index contributed by atoms with van der Waals surface area (Å²) in [7, 11) is 0. The van der Waals surface area contributed by atoms with Crippen LogP contribution < -0.4 is 9.64 Å². The molecule has 0 bridgehead atoms. The molecule has 0 N–H and O–H groups in total. The van der Waals surface area contributed by atoms with Gasteiger partial charge in [-0.2, -0.15) is 0 Å². The van der Waals surface area contributed by atoms with Gasteiger partial charge in [0.1, 0.15) is 5.75 Å². The molecule has 1 aliphatic rings. The molecule has 1 fully saturated rings. The van der Waals surface area contributed by atoms with Gasteiger partial charge in [0.15, 0.2) is 0 Å². The predicted molar refractivity (Wildman–Crippen MR) is 96.8 cm³/mol. The normalized spacial score (nSPS) is 14.5. The van der Waals surface area contributed by atoms with E-state index in [0.717, 1.165) is 50.5 Å². The van der Waals surface area contributed by atoms with Crippen molar-refractivity contribution in [3.8, 4) is 5.75 Å². The van der Waals surface area contributed by atoms with E-state index in [0.29, 0.717) is 0 Å². The zero-order valence-electron chi connectivity index (χ0n) is 14.1. The first-order chi connectivity index (χ1) is 11.8. The molecule has 0 aromatic heterocycles. The van der Waals surface area contributed by atoms with E-state index >= 15 is 0 Å². The molecule has 3 rings (SSSR count). The number of carbonyl (C=O) groups excluding carboxylic acids is 1. The number of anilines is 1. The zero-order chi connectivity index (χ0) is 16.8. The van der Waals surface area contributed by atoms with E-state index in [1.807, 2.05) is 47.4 Å². The fourth-order valence-corrected chi connectivity index (χ4v) is 2.90. The van der Waals surface area contributed by atoms with Crippen LogP contribution in [0.25, 0.3) is 0 Å². The molecule has 1 heterocycles. The lowest BCUT2D eigenvalue weighted by Gasteiger charge is -2.36. The number of rotatable bonds is 5. The highest BCUT2D eigenvalue weighted by Gasteiger charge is 2.22. The Morgan fingerprint density at radius 3 is 2.25 bits per heavy atom. The summed E-state index contributed by atoms with van der Waals surface area (Å²) in [4.78, 5) is 16.7. The number of carbonyl (C=O) groups is 1. The molecule has 0 atom stereocenters. The Morgan fingerprint density at radius 1 is 0.958 bits per heavy atom. The van der Waals surface area contributed by atoms with Crippen LogP contribution in [0.5, 0.6) is 5.75 Å². The van der Waals surface area contributed by atoms with E-state index in [-0.39, 0.29) is 5.91 Å². The summed E-state index contributed by atoms with van der Waals surface area (Å²) >= 11 is 0. The third-order valence-corrected chi connectivity index (χ3v) is 4.26. The summed E-state index contributed by atoms with van der Waals surface area (Å²) in [5.74, 6) is 1.04. The van der Waals surface area contributed by atoms with E-state index in [1.54, 1.807) is 0 Å². The number of amides is 1. The molecule has 1 amide bonds. The van der Waals surface area contributed by atoms with Gasteiger partial charge in [0, 0.05) is 37.4 Å². The number of ether oxygens (including phenoxy) is 1. The fourth-order valence-electron chi connectivity index (χ4n) is 2.90. The second-order valence-corrected chi connectivity index (χ2v) is 5.99. The van der Waals surface area contributed by atoms with Crippen LogP contribution in [0, 0.1) is 0 Å². The van der Waals surface area contributed by atoms with Crippen molar-refractivity contribution in [1.82, 2.24) is 4.90 Å². The number of hydrogen-bond donors (Lipinski definition) is 0. The zero-order valence-corrected chi connectivity index (χ0v) is 14.1. The van der Waals surface area contributed by atoms with Crippen LogP contribution >= 0.6 is 0 Å². The monoisotopic (exact) mass is 324 g/mol. The summed E-state index contributed by atoms with van der Waals surface area (Å²) < 4.78 is 5.62. The summed E-state index contributed by atoms with van der Waals surface area (Å²) in [6.07, 6.45) is 1.01. The van der Waals surface area contributed by atoms with Crippen LogP contribution in [0.1, 0.15) is 23.7 Å². The van der Waals surface area contributed by atoms with Crippen molar-refractivity contribution in [3.05, 3.63) is 60.2 Å². The second-order valence-electron chi connectivity index (χ2n) is 5.99. The van der Waals surface area contributed by atoms with Crippen LogP contribution in [-0.2, 0) is 0 Å². The van der Waals surface area contributed by atoms with Crippen molar-refractivity contribution in [2.45, 2.75) is 13.3 Å². The van der Waals surface area contributed by atoms with Crippen LogP contribution in [-0.4, -0.2) is 43.6 Å². The third-order valence-electron chi connectivity index (χ3n) is 4.26. The standard InChI is InChI=1S/C20H24N2O2/c1-2-16-24-19-10-8-18(9-11-19)21-12-14-22(15-13-21)20(23)17-6-4-3-5-7-17/h3-11H,2,12-16H2,1H3. The van der Waals surface area contributed by atoms with Gasteiger partial charge in [-0.3, -0.25) is 4.79 Å². The highest BCUT2D eigenvalue weighted by atomic mass is 16.5. The molecule has 0 saturated carbocycles. The third kappa shape index (κ3) is 3.88. The van der Waals surface area contributed by atoms with Gasteiger partial charge in [0.05, 0.1) is 6.61 Å². The molecule has 4 heteroatoms. The van der Waals surface area contributed by atoms with Gasteiger partial charge in [0.25, 0.3) is 5.91 Å². The summed E-state index contributed by atoms with van der Waals surface area (Å²) in [5, 5.41) is 0. The van der Waals surface area contributed by atoms with Crippen molar-refractivity contribution in [1.29, 1.82) is 0 Å². The lowest BCUT2D eigenvalue weighted by atomic mass is 10.1. The number of nitrogens with zero attached hydrogens (tertiary/aromatic N) is 2. The molecule has 4 nitrogen and oxygen atoms in total. The lowest BCUT2D eigenvalue weighted by molar-refractivity contribution is 0.0747. The average Bonchev–Trinajstić information content (AvgIpc) is 2.67. The minimum atomic E-state index is 0.124. The quantitative estimate of drug-likeness (QED) is 0.844. The molecule has 2 aromatic carbocycles. The highest BCUT2D eigenvalue weighted by molar-refractivity contribution is 5.94. The van der Waals surface area contributed by atoms with Crippen molar-refractivity contribution in [2.75, 3.05) is 37.7 Å². The van der Waals surface area contributed by atoms with E-state index in [2.05, 4.69) is 24.0 Å². The highest BCUT2D eigenvalue weighted by Crippen LogP contribution is 2.21. The Balaban J connectivity index is 1.56. The summed E-state index contributed by atoms with van der Waals surface area (Å²) in [6, 6.07) is 17.7. The maximum Gasteiger partial charge on any atom is 0.253 e. The van der Waals surface area contributed by atoms with Crippen LogP contribution in [0.3, 0.4) is 0 Å². The maximum absolute atomic E-state index is 12.5. The maximum atomic E-state index is 12.5. The average molecular weight is 324 g/mol. The minimum Gasteiger partial charge on any atom is -0.494 e. The summed E-state index contributed by atoms with van der Waals surface area (Å²) in [6.45, 7) is 6.06. The van der Waals surface area contributed by atoms with Gasteiger partial charge in [-0.15, -0.1) is 0 Å². The van der Waals surface area contributed by atoms with E-state index in [1.165, 1.54) is 5.69 Å².